The third-order valence-corrected chi connectivity index (χ3v) is 5.94. The zero-order valence-electron chi connectivity index (χ0n) is 20.6. The van der Waals surface area contributed by atoms with Crippen LogP contribution < -0.4 is 10.6 Å². The van der Waals surface area contributed by atoms with E-state index in [1.54, 1.807) is 51.1 Å². The Morgan fingerprint density at radius 1 is 0.921 bits per heavy atom. The molecule has 11 heteroatoms. The number of hydrogen-bond acceptors (Lipinski definition) is 6. The quantitative estimate of drug-likeness (QED) is 0.256. The van der Waals surface area contributed by atoms with Gasteiger partial charge in [-0.05, 0) is 74.0 Å². The highest BCUT2D eigenvalue weighted by Crippen LogP contribution is 2.32. The topological polar surface area (TPSA) is 93.2 Å². The van der Waals surface area contributed by atoms with E-state index in [4.69, 9.17) is 4.74 Å². The highest BCUT2D eigenvalue weighted by molar-refractivity contribution is 7.99. The molecule has 0 saturated carbocycles. The molecule has 0 aliphatic rings. The van der Waals surface area contributed by atoms with Gasteiger partial charge in [-0.3, -0.25) is 10.1 Å². The molecule has 0 fully saturated rings. The van der Waals surface area contributed by atoms with E-state index in [2.05, 4.69) is 20.6 Å². The molecule has 0 aliphatic heterocycles. The first-order valence-corrected chi connectivity index (χ1v) is 12.2. The Morgan fingerprint density at radius 3 is 2.42 bits per heavy atom. The van der Waals surface area contributed by atoms with E-state index in [0.29, 0.717) is 16.0 Å². The Kier molecular flexibility index (Phi) is 7.58. The van der Waals surface area contributed by atoms with Crippen LogP contribution in [-0.4, -0.2) is 27.6 Å². The molecular formula is C27H23F3N4O3S. The summed E-state index contributed by atoms with van der Waals surface area (Å²) in [6.45, 7) is 5.25. The number of anilines is 2. The molecule has 3 aromatic carbocycles. The van der Waals surface area contributed by atoms with Crippen LogP contribution >= 0.6 is 11.8 Å². The van der Waals surface area contributed by atoms with Gasteiger partial charge < -0.3 is 10.1 Å². The number of aromatic nitrogens is 2. The molecule has 1 heterocycles. The number of carbonyl (C=O) groups is 2. The van der Waals surface area contributed by atoms with Crippen molar-refractivity contribution in [3.63, 3.8) is 0 Å². The molecule has 0 radical (unpaired) electrons. The maximum atomic E-state index is 13.0. The summed E-state index contributed by atoms with van der Waals surface area (Å²) in [6.07, 6.45) is -3.66. The van der Waals surface area contributed by atoms with E-state index in [1.807, 2.05) is 12.1 Å². The lowest BCUT2D eigenvalue weighted by molar-refractivity contribution is -0.137. The van der Waals surface area contributed by atoms with Crippen LogP contribution in [0.1, 0.15) is 36.7 Å². The molecule has 4 aromatic rings. The predicted molar refractivity (Wildman–Crippen MR) is 139 cm³/mol. The first-order valence-electron chi connectivity index (χ1n) is 11.4. The van der Waals surface area contributed by atoms with E-state index in [9.17, 15) is 22.8 Å². The standard InChI is InChI=1S/C27H23F3N4O3S/c1-26(2,3)37-25(36)34-24-31-13-12-22(33-24)38-19-10-11-20-16(14-19)6-4-9-21(20)23(35)32-18-8-5-7-17(15-18)27(28,29)30/h4-15H,1-3H3,(H,32,35)(H,31,33,34,36). The summed E-state index contributed by atoms with van der Waals surface area (Å²) < 4.78 is 44.3. The monoisotopic (exact) mass is 540 g/mol. The number of hydrogen-bond donors (Lipinski definition) is 2. The van der Waals surface area contributed by atoms with Crippen LogP contribution in [0.2, 0.25) is 0 Å². The van der Waals surface area contributed by atoms with Gasteiger partial charge in [0, 0.05) is 22.3 Å². The lowest BCUT2D eigenvalue weighted by Gasteiger charge is -2.19. The summed E-state index contributed by atoms with van der Waals surface area (Å²) in [5.41, 5.74) is -1.13. The van der Waals surface area contributed by atoms with Crippen molar-refractivity contribution in [3.8, 4) is 0 Å². The number of alkyl halides is 3. The maximum Gasteiger partial charge on any atom is 0.416 e. The van der Waals surface area contributed by atoms with Crippen LogP contribution in [0.5, 0.6) is 0 Å². The molecule has 4 rings (SSSR count). The summed E-state index contributed by atoms with van der Waals surface area (Å²) in [5.74, 6) is -0.428. The largest absolute Gasteiger partial charge is 0.444 e. The number of ether oxygens (including phenoxy) is 1. The van der Waals surface area contributed by atoms with Crippen LogP contribution in [0.25, 0.3) is 10.8 Å². The van der Waals surface area contributed by atoms with Gasteiger partial charge in [0.2, 0.25) is 5.95 Å². The van der Waals surface area contributed by atoms with Crippen molar-refractivity contribution in [2.45, 2.75) is 42.5 Å². The minimum atomic E-state index is -4.51. The fourth-order valence-corrected chi connectivity index (χ4v) is 4.29. The number of rotatable bonds is 5. The van der Waals surface area contributed by atoms with Gasteiger partial charge in [-0.15, -0.1) is 0 Å². The molecule has 0 saturated heterocycles. The summed E-state index contributed by atoms with van der Waals surface area (Å²) >= 11 is 1.33. The maximum absolute atomic E-state index is 13.0. The number of halogens is 3. The molecule has 7 nitrogen and oxygen atoms in total. The summed E-state index contributed by atoms with van der Waals surface area (Å²) in [7, 11) is 0. The molecule has 38 heavy (non-hydrogen) atoms. The smallest absolute Gasteiger partial charge is 0.416 e. The normalized spacial score (nSPS) is 11.7. The molecule has 0 unspecified atom stereocenters. The van der Waals surface area contributed by atoms with Crippen LogP contribution in [0, 0.1) is 0 Å². The number of amides is 2. The van der Waals surface area contributed by atoms with Gasteiger partial charge in [0.15, 0.2) is 0 Å². The van der Waals surface area contributed by atoms with Gasteiger partial charge >= 0.3 is 12.3 Å². The van der Waals surface area contributed by atoms with Crippen molar-refractivity contribution in [1.29, 1.82) is 0 Å². The number of benzene rings is 3. The van der Waals surface area contributed by atoms with E-state index in [0.717, 1.165) is 22.4 Å². The second-order valence-electron chi connectivity index (χ2n) is 9.17. The van der Waals surface area contributed by atoms with Gasteiger partial charge in [0.1, 0.15) is 10.6 Å². The van der Waals surface area contributed by atoms with Gasteiger partial charge in [0.25, 0.3) is 5.91 Å². The van der Waals surface area contributed by atoms with Crippen molar-refractivity contribution in [2.24, 2.45) is 0 Å². The van der Waals surface area contributed by atoms with Gasteiger partial charge in [-0.25, -0.2) is 14.8 Å². The molecule has 0 aliphatic carbocycles. The average molecular weight is 541 g/mol. The Hall–Kier alpha value is -4.12. The molecule has 0 spiro atoms. The van der Waals surface area contributed by atoms with Crippen LogP contribution in [0.3, 0.4) is 0 Å². The molecular weight excluding hydrogens is 517 g/mol. The van der Waals surface area contributed by atoms with E-state index in [-0.39, 0.29) is 11.6 Å². The third-order valence-electron chi connectivity index (χ3n) is 5.01. The third kappa shape index (κ3) is 7.00. The van der Waals surface area contributed by atoms with Crippen molar-refractivity contribution >= 4 is 46.2 Å². The summed E-state index contributed by atoms with van der Waals surface area (Å²) in [5, 5.41) is 7.02. The number of nitrogens with one attached hydrogen (secondary N) is 2. The second-order valence-corrected chi connectivity index (χ2v) is 10.3. The zero-order chi connectivity index (χ0) is 27.5. The average Bonchev–Trinajstić information content (AvgIpc) is 2.82. The van der Waals surface area contributed by atoms with Crippen LogP contribution in [-0.2, 0) is 10.9 Å². The summed E-state index contributed by atoms with van der Waals surface area (Å²) in [6, 6.07) is 16.7. The first kappa shape index (κ1) is 26.9. The Labute approximate surface area is 220 Å². The molecule has 1 aromatic heterocycles. The van der Waals surface area contributed by atoms with E-state index >= 15 is 0 Å². The SMILES string of the molecule is CC(C)(C)OC(=O)Nc1nccc(Sc2ccc3c(C(=O)Nc4cccc(C(F)(F)F)c4)cccc3c2)n1. The molecule has 2 N–H and O–H groups in total. The van der Waals surface area contributed by atoms with Crippen molar-refractivity contribution < 1.29 is 27.5 Å². The number of carbonyl (C=O) groups excluding carboxylic acids is 2. The van der Waals surface area contributed by atoms with Gasteiger partial charge in [0.05, 0.1) is 5.56 Å². The Bertz CT molecular complexity index is 1500. The summed E-state index contributed by atoms with van der Waals surface area (Å²) in [4.78, 5) is 34.1. The van der Waals surface area contributed by atoms with E-state index < -0.39 is 29.3 Å². The number of fused-ring (bicyclic) bond motifs is 1. The lowest BCUT2D eigenvalue weighted by atomic mass is 10.0. The highest BCUT2D eigenvalue weighted by Gasteiger charge is 2.30. The number of nitrogens with zero attached hydrogens (tertiary/aromatic N) is 2. The van der Waals surface area contributed by atoms with Crippen LogP contribution in [0.15, 0.2) is 82.8 Å². The Morgan fingerprint density at radius 2 is 1.68 bits per heavy atom. The van der Waals surface area contributed by atoms with Gasteiger partial charge in [-0.2, -0.15) is 13.2 Å². The fourth-order valence-electron chi connectivity index (χ4n) is 3.47. The van der Waals surface area contributed by atoms with Crippen molar-refractivity contribution in [3.05, 3.63) is 84.1 Å². The van der Waals surface area contributed by atoms with Crippen LogP contribution in [0.4, 0.5) is 29.6 Å². The molecule has 196 valence electrons. The van der Waals surface area contributed by atoms with E-state index in [1.165, 1.54) is 30.1 Å². The second kappa shape index (κ2) is 10.7. The minimum absolute atomic E-state index is 0.0496. The van der Waals surface area contributed by atoms with Crippen molar-refractivity contribution in [2.75, 3.05) is 10.6 Å². The predicted octanol–water partition coefficient (Wildman–Crippen LogP) is 7.40. The molecule has 0 atom stereocenters. The molecule has 2 amide bonds. The first-order chi connectivity index (χ1) is 17.9. The van der Waals surface area contributed by atoms with Crippen molar-refractivity contribution in [1.82, 2.24) is 9.97 Å². The Balaban J connectivity index is 1.51. The lowest BCUT2D eigenvalue weighted by Crippen LogP contribution is -2.27. The molecule has 0 bridgehead atoms. The highest BCUT2D eigenvalue weighted by atomic mass is 32.2. The van der Waals surface area contributed by atoms with Gasteiger partial charge in [-0.1, -0.05) is 36.0 Å². The zero-order valence-corrected chi connectivity index (χ0v) is 21.4. The fraction of sp³-hybridized carbons (Fsp3) is 0.185. The minimum Gasteiger partial charge on any atom is -0.444 e.